The molecule has 0 aromatic heterocycles. The molecule has 4 rings (SSSR count). The summed E-state index contributed by atoms with van der Waals surface area (Å²) in [6.07, 6.45) is 0.135. The molecule has 0 radical (unpaired) electrons. The molecule has 0 aliphatic carbocycles. The predicted octanol–water partition coefficient (Wildman–Crippen LogP) is 3.04. The maximum atomic E-state index is 13.0. The number of ether oxygens (including phenoxy) is 2. The van der Waals surface area contributed by atoms with Crippen LogP contribution in [0.25, 0.3) is 0 Å². The van der Waals surface area contributed by atoms with Gasteiger partial charge in [-0.05, 0) is 36.8 Å². The number of hydrogen-bond donors (Lipinski definition) is 1. The van der Waals surface area contributed by atoms with Gasteiger partial charge in [0.25, 0.3) is 0 Å². The Labute approximate surface area is 156 Å². The highest BCUT2D eigenvalue weighted by atomic mass is 16.5. The largest absolute Gasteiger partial charge is 0.504 e. The number of methoxy groups -OCH3 is 1. The van der Waals surface area contributed by atoms with Gasteiger partial charge in [-0.15, -0.1) is 0 Å². The van der Waals surface area contributed by atoms with Crippen LogP contribution in [-0.2, 0) is 14.3 Å². The first-order chi connectivity index (χ1) is 13.0. The fraction of sp³-hybridized carbons (Fsp3) is 0.238. The number of aromatic hydroxyl groups is 1. The number of rotatable bonds is 3. The van der Waals surface area contributed by atoms with Gasteiger partial charge in [-0.3, -0.25) is 9.69 Å². The van der Waals surface area contributed by atoms with Crippen molar-refractivity contribution in [3.8, 4) is 11.5 Å². The molecule has 0 fully saturated rings. The minimum atomic E-state index is -0.432. The Kier molecular flexibility index (Phi) is 4.11. The Morgan fingerprint density at radius 2 is 1.89 bits per heavy atom. The van der Waals surface area contributed by atoms with Gasteiger partial charge in [0.15, 0.2) is 11.5 Å². The maximum absolute atomic E-state index is 13.0. The zero-order valence-corrected chi connectivity index (χ0v) is 15.1. The van der Waals surface area contributed by atoms with Crippen LogP contribution in [0.2, 0.25) is 0 Å². The molecule has 0 bridgehead atoms. The monoisotopic (exact) mass is 365 g/mol. The summed E-state index contributed by atoms with van der Waals surface area (Å²) in [4.78, 5) is 27.0. The van der Waals surface area contributed by atoms with Crippen LogP contribution in [-0.4, -0.2) is 30.7 Å². The summed E-state index contributed by atoms with van der Waals surface area (Å²) >= 11 is 0. The molecule has 1 amide bonds. The van der Waals surface area contributed by atoms with Crippen LogP contribution in [0.15, 0.2) is 53.7 Å². The van der Waals surface area contributed by atoms with Crippen molar-refractivity contribution < 1.29 is 24.2 Å². The van der Waals surface area contributed by atoms with Crippen LogP contribution in [0.4, 0.5) is 5.69 Å². The first-order valence-electron chi connectivity index (χ1n) is 8.66. The van der Waals surface area contributed by atoms with Gasteiger partial charge in [-0.1, -0.05) is 23.8 Å². The Balaban J connectivity index is 1.81. The average Bonchev–Trinajstić information content (AvgIpc) is 3.04. The van der Waals surface area contributed by atoms with E-state index in [1.54, 1.807) is 17.0 Å². The number of amides is 1. The Hall–Kier alpha value is -3.28. The number of phenolic OH excluding ortho intramolecular Hbond substituents is 1. The highest BCUT2D eigenvalue weighted by Gasteiger charge is 2.43. The highest BCUT2D eigenvalue weighted by molar-refractivity contribution is 6.06. The Morgan fingerprint density at radius 1 is 1.15 bits per heavy atom. The minimum absolute atomic E-state index is 0.00729. The van der Waals surface area contributed by atoms with Crippen LogP contribution in [0.3, 0.4) is 0 Å². The van der Waals surface area contributed by atoms with E-state index in [1.165, 1.54) is 13.2 Å². The number of hydrogen-bond acceptors (Lipinski definition) is 5. The standard InChI is InChI=1S/C21H19NO5/c1-12-3-6-14(7-4-12)22-16-11-27-21(25)20(16)15(10-19(22)24)13-5-8-17(23)18(9-13)26-2/h3-9,15,23H,10-11H2,1-2H3/t15-/m1/s1. The number of aryl methyl sites for hydroxylation is 1. The van der Waals surface area contributed by atoms with E-state index in [0.717, 1.165) is 16.8 Å². The maximum Gasteiger partial charge on any atom is 0.336 e. The number of cyclic esters (lactones) is 1. The summed E-state index contributed by atoms with van der Waals surface area (Å²) in [6.45, 7) is 2.04. The fourth-order valence-electron chi connectivity index (χ4n) is 3.64. The van der Waals surface area contributed by atoms with E-state index in [9.17, 15) is 14.7 Å². The normalized spacial score (nSPS) is 19.2. The van der Waals surface area contributed by atoms with Crippen molar-refractivity contribution in [2.24, 2.45) is 0 Å². The second-order valence-corrected chi connectivity index (χ2v) is 6.69. The third-order valence-corrected chi connectivity index (χ3v) is 5.02. The Bertz CT molecular complexity index is 961. The summed E-state index contributed by atoms with van der Waals surface area (Å²) in [5.41, 5.74) is 3.61. The fourth-order valence-corrected chi connectivity index (χ4v) is 3.64. The van der Waals surface area contributed by atoms with E-state index >= 15 is 0 Å². The van der Waals surface area contributed by atoms with Gasteiger partial charge in [-0.25, -0.2) is 4.79 Å². The lowest BCUT2D eigenvalue weighted by Gasteiger charge is -2.32. The lowest BCUT2D eigenvalue weighted by Crippen LogP contribution is -2.37. The molecule has 0 saturated carbocycles. The average molecular weight is 365 g/mol. The molecule has 1 atom stereocenters. The van der Waals surface area contributed by atoms with Gasteiger partial charge >= 0.3 is 5.97 Å². The van der Waals surface area contributed by atoms with Crippen LogP contribution < -0.4 is 9.64 Å². The van der Waals surface area contributed by atoms with Crippen molar-refractivity contribution in [3.05, 3.63) is 64.9 Å². The highest BCUT2D eigenvalue weighted by Crippen LogP contribution is 2.43. The molecule has 0 spiro atoms. The first kappa shape index (κ1) is 17.1. The number of nitrogens with zero attached hydrogens (tertiary/aromatic N) is 1. The van der Waals surface area contributed by atoms with Gasteiger partial charge in [0, 0.05) is 18.0 Å². The summed E-state index contributed by atoms with van der Waals surface area (Å²) in [6, 6.07) is 12.5. The van der Waals surface area contributed by atoms with E-state index in [4.69, 9.17) is 9.47 Å². The molecule has 2 aromatic carbocycles. The molecule has 2 heterocycles. The van der Waals surface area contributed by atoms with Gasteiger partial charge in [0.05, 0.1) is 18.4 Å². The van der Waals surface area contributed by atoms with Crippen molar-refractivity contribution in [2.45, 2.75) is 19.3 Å². The number of benzene rings is 2. The van der Waals surface area contributed by atoms with Crippen LogP contribution in [0, 0.1) is 6.92 Å². The molecule has 138 valence electrons. The van der Waals surface area contributed by atoms with Crippen molar-refractivity contribution in [1.82, 2.24) is 0 Å². The summed E-state index contributed by atoms with van der Waals surface area (Å²) < 4.78 is 10.4. The minimum Gasteiger partial charge on any atom is -0.504 e. The third kappa shape index (κ3) is 2.83. The summed E-state index contributed by atoms with van der Waals surface area (Å²) in [5, 5.41) is 9.83. The first-order valence-corrected chi connectivity index (χ1v) is 8.66. The van der Waals surface area contributed by atoms with E-state index in [1.807, 2.05) is 31.2 Å². The van der Waals surface area contributed by atoms with E-state index < -0.39 is 11.9 Å². The molecule has 0 saturated heterocycles. The quantitative estimate of drug-likeness (QED) is 0.846. The topological polar surface area (TPSA) is 76.1 Å². The smallest absolute Gasteiger partial charge is 0.336 e. The zero-order chi connectivity index (χ0) is 19.1. The second kappa shape index (κ2) is 6.46. The van der Waals surface area contributed by atoms with Crippen molar-refractivity contribution >= 4 is 17.6 Å². The summed E-state index contributed by atoms with van der Waals surface area (Å²) in [7, 11) is 1.46. The van der Waals surface area contributed by atoms with Crippen LogP contribution in [0.1, 0.15) is 23.5 Å². The van der Waals surface area contributed by atoms with Gasteiger partial charge in [0.2, 0.25) is 5.91 Å². The molecule has 1 N–H and O–H groups in total. The number of carbonyl (C=O) groups excluding carboxylic acids is 2. The second-order valence-electron chi connectivity index (χ2n) is 6.69. The number of esters is 1. The van der Waals surface area contributed by atoms with Crippen molar-refractivity contribution in [3.63, 3.8) is 0 Å². The molecule has 6 heteroatoms. The van der Waals surface area contributed by atoms with Crippen molar-refractivity contribution in [1.29, 1.82) is 0 Å². The summed E-state index contributed by atoms with van der Waals surface area (Å²) in [5.74, 6) is -0.638. The van der Waals surface area contributed by atoms with Gasteiger partial charge in [0.1, 0.15) is 6.61 Å². The third-order valence-electron chi connectivity index (χ3n) is 5.02. The van der Waals surface area contributed by atoms with Crippen molar-refractivity contribution in [2.75, 3.05) is 18.6 Å². The molecule has 27 heavy (non-hydrogen) atoms. The van der Waals surface area contributed by atoms with E-state index in [0.29, 0.717) is 17.0 Å². The molecule has 2 aliphatic rings. The number of phenols is 1. The lowest BCUT2D eigenvalue weighted by atomic mass is 9.84. The number of anilines is 1. The van der Waals surface area contributed by atoms with Crippen LogP contribution in [0.5, 0.6) is 11.5 Å². The van der Waals surface area contributed by atoms with Gasteiger partial charge in [-0.2, -0.15) is 0 Å². The molecule has 6 nitrogen and oxygen atoms in total. The van der Waals surface area contributed by atoms with E-state index in [2.05, 4.69) is 0 Å². The molecule has 0 unspecified atom stereocenters. The number of carbonyl (C=O) groups is 2. The molecular formula is C21H19NO5. The molecule has 2 aliphatic heterocycles. The lowest BCUT2D eigenvalue weighted by molar-refractivity contribution is -0.136. The van der Waals surface area contributed by atoms with E-state index in [-0.39, 0.29) is 24.7 Å². The van der Waals surface area contributed by atoms with Gasteiger partial charge < -0.3 is 14.6 Å². The Morgan fingerprint density at radius 3 is 2.59 bits per heavy atom. The molecule has 2 aromatic rings. The van der Waals surface area contributed by atoms with Crippen LogP contribution >= 0.6 is 0 Å². The zero-order valence-electron chi connectivity index (χ0n) is 15.1. The SMILES string of the molecule is COc1cc([C@H]2CC(=O)N(c3ccc(C)cc3)C3=C2C(=O)OC3)ccc1O. The predicted molar refractivity (Wildman–Crippen MR) is 98.7 cm³/mol. The molecular weight excluding hydrogens is 346 g/mol.